The average Bonchev–Trinajstić information content (AvgIpc) is 2.53. The number of fused-ring (bicyclic) bond motifs is 1. The van der Waals surface area contributed by atoms with Crippen LogP contribution in [0.25, 0.3) is 10.8 Å². The van der Waals surface area contributed by atoms with Gasteiger partial charge in [0.05, 0.1) is 11.1 Å². The van der Waals surface area contributed by atoms with E-state index in [1.807, 2.05) is 0 Å². The number of anilines is 1. The molecular weight excluding hydrogens is 304 g/mol. The summed E-state index contributed by atoms with van der Waals surface area (Å²) in [7, 11) is 1.42. The molecule has 0 aliphatic heterocycles. The fraction of sp³-hybridized carbons (Fsp3) is 0.0625. The number of aromatic nitrogens is 2. The fourth-order valence-electron chi connectivity index (χ4n) is 2.24. The highest BCUT2D eigenvalue weighted by Crippen LogP contribution is 2.18. The summed E-state index contributed by atoms with van der Waals surface area (Å²) in [5.41, 5.74) is -0.535. The van der Waals surface area contributed by atoms with E-state index < -0.39 is 17.5 Å². The molecule has 0 saturated heterocycles. The lowest BCUT2D eigenvalue weighted by Crippen LogP contribution is -2.25. The molecule has 1 heterocycles. The van der Waals surface area contributed by atoms with Crippen LogP contribution in [0.3, 0.4) is 0 Å². The highest BCUT2D eigenvalue weighted by molar-refractivity contribution is 6.11. The summed E-state index contributed by atoms with van der Waals surface area (Å²) in [6.07, 6.45) is 0. The molecule has 0 saturated carbocycles. The molecule has 0 radical (unpaired) electrons. The first-order chi connectivity index (χ1) is 11.0. The second-order valence-corrected chi connectivity index (χ2v) is 4.90. The summed E-state index contributed by atoms with van der Waals surface area (Å²) >= 11 is 0. The van der Waals surface area contributed by atoms with Crippen molar-refractivity contribution in [3.8, 4) is 0 Å². The molecule has 0 aliphatic carbocycles. The Hall–Kier alpha value is -3.09. The average molecular weight is 315 g/mol. The number of rotatable bonds is 2. The number of halogens is 2. The normalized spacial score (nSPS) is 10.7. The van der Waals surface area contributed by atoms with Gasteiger partial charge in [-0.3, -0.25) is 9.59 Å². The van der Waals surface area contributed by atoms with E-state index in [4.69, 9.17) is 0 Å². The molecule has 0 fully saturated rings. The summed E-state index contributed by atoms with van der Waals surface area (Å²) in [5.74, 6) is -2.33. The Morgan fingerprint density at radius 2 is 1.83 bits per heavy atom. The Morgan fingerprint density at radius 3 is 2.52 bits per heavy atom. The molecule has 0 bridgehead atoms. The number of hydrogen-bond donors (Lipinski definition) is 1. The zero-order valence-corrected chi connectivity index (χ0v) is 12.0. The van der Waals surface area contributed by atoms with Gasteiger partial charge in [-0.25, -0.2) is 13.5 Å². The van der Waals surface area contributed by atoms with Crippen LogP contribution >= 0.6 is 0 Å². The van der Waals surface area contributed by atoms with Gasteiger partial charge in [-0.05, 0) is 18.2 Å². The van der Waals surface area contributed by atoms with Crippen molar-refractivity contribution in [2.45, 2.75) is 0 Å². The Kier molecular flexibility index (Phi) is 3.61. The molecule has 7 heteroatoms. The molecule has 5 nitrogen and oxygen atoms in total. The number of carbonyl (C=O) groups is 1. The molecule has 23 heavy (non-hydrogen) atoms. The van der Waals surface area contributed by atoms with Crippen LogP contribution in [-0.4, -0.2) is 15.7 Å². The summed E-state index contributed by atoms with van der Waals surface area (Å²) in [6.45, 7) is 0. The molecule has 0 aliphatic rings. The first-order valence-electron chi connectivity index (χ1n) is 6.70. The van der Waals surface area contributed by atoms with Crippen LogP contribution in [0.15, 0.2) is 47.3 Å². The Bertz CT molecular complexity index is 983. The predicted molar refractivity (Wildman–Crippen MR) is 81.3 cm³/mol. The van der Waals surface area contributed by atoms with E-state index >= 15 is 0 Å². The molecule has 0 spiro atoms. The van der Waals surface area contributed by atoms with Crippen LogP contribution in [0, 0.1) is 11.6 Å². The van der Waals surface area contributed by atoms with E-state index in [0.29, 0.717) is 16.8 Å². The lowest BCUT2D eigenvalue weighted by Gasteiger charge is -2.09. The summed E-state index contributed by atoms with van der Waals surface area (Å²) in [4.78, 5) is 24.4. The smallest absolute Gasteiger partial charge is 0.276 e. The summed E-state index contributed by atoms with van der Waals surface area (Å²) < 4.78 is 27.6. The number of aryl methyl sites for hydroxylation is 1. The van der Waals surface area contributed by atoms with Crippen molar-refractivity contribution in [1.29, 1.82) is 0 Å². The standard InChI is InChI=1S/C16H11F2N3O2/c1-21-16(23)11-5-3-2-4-10(11)14(20-21)15(22)19-13-7-6-9(17)8-12(13)18/h2-8H,1H3,(H,19,22). The minimum Gasteiger partial charge on any atom is -0.318 e. The van der Waals surface area contributed by atoms with Gasteiger partial charge in [0.1, 0.15) is 11.6 Å². The van der Waals surface area contributed by atoms with Crippen molar-refractivity contribution in [1.82, 2.24) is 9.78 Å². The van der Waals surface area contributed by atoms with Crippen LogP contribution in [-0.2, 0) is 7.05 Å². The second-order valence-electron chi connectivity index (χ2n) is 4.90. The number of hydrogen-bond acceptors (Lipinski definition) is 3. The van der Waals surface area contributed by atoms with Crippen molar-refractivity contribution in [2.75, 3.05) is 5.32 Å². The van der Waals surface area contributed by atoms with Crippen LogP contribution in [0.1, 0.15) is 10.5 Å². The van der Waals surface area contributed by atoms with Crippen molar-refractivity contribution >= 4 is 22.4 Å². The Morgan fingerprint density at radius 1 is 1.13 bits per heavy atom. The topological polar surface area (TPSA) is 64.0 Å². The van der Waals surface area contributed by atoms with E-state index in [1.54, 1.807) is 24.3 Å². The summed E-state index contributed by atoms with van der Waals surface area (Å²) in [5, 5.41) is 6.96. The van der Waals surface area contributed by atoms with Crippen molar-refractivity contribution < 1.29 is 13.6 Å². The quantitative estimate of drug-likeness (QED) is 0.790. The van der Waals surface area contributed by atoms with Gasteiger partial charge < -0.3 is 5.32 Å². The van der Waals surface area contributed by atoms with Crippen molar-refractivity contribution in [3.63, 3.8) is 0 Å². The zero-order chi connectivity index (χ0) is 16.6. The number of nitrogens with zero attached hydrogens (tertiary/aromatic N) is 2. The third kappa shape index (κ3) is 2.68. The minimum absolute atomic E-state index is 0.0218. The molecule has 3 rings (SSSR count). The number of benzene rings is 2. The monoisotopic (exact) mass is 315 g/mol. The number of nitrogens with one attached hydrogen (secondary N) is 1. The van der Waals surface area contributed by atoms with Gasteiger partial charge in [0.25, 0.3) is 11.5 Å². The maximum absolute atomic E-state index is 13.7. The van der Waals surface area contributed by atoms with Crippen LogP contribution < -0.4 is 10.9 Å². The van der Waals surface area contributed by atoms with Gasteiger partial charge in [0.15, 0.2) is 5.69 Å². The van der Waals surface area contributed by atoms with Crippen LogP contribution in [0.4, 0.5) is 14.5 Å². The lowest BCUT2D eigenvalue weighted by molar-refractivity contribution is 0.102. The minimum atomic E-state index is -0.896. The molecular formula is C16H11F2N3O2. The molecule has 1 amide bonds. The predicted octanol–water partition coefficient (Wildman–Crippen LogP) is 2.46. The van der Waals surface area contributed by atoms with E-state index in [1.165, 1.54) is 7.05 Å². The fourth-order valence-corrected chi connectivity index (χ4v) is 2.24. The van der Waals surface area contributed by atoms with E-state index in [0.717, 1.165) is 16.8 Å². The highest BCUT2D eigenvalue weighted by atomic mass is 19.1. The Labute approximate surface area is 129 Å². The molecule has 116 valence electrons. The highest BCUT2D eigenvalue weighted by Gasteiger charge is 2.17. The van der Waals surface area contributed by atoms with Crippen LogP contribution in [0.2, 0.25) is 0 Å². The summed E-state index contributed by atoms with van der Waals surface area (Å²) in [6, 6.07) is 9.32. The van der Waals surface area contributed by atoms with Gasteiger partial charge in [-0.2, -0.15) is 5.10 Å². The molecule has 1 N–H and O–H groups in total. The van der Waals surface area contributed by atoms with Gasteiger partial charge >= 0.3 is 0 Å². The van der Waals surface area contributed by atoms with Gasteiger partial charge in [-0.1, -0.05) is 18.2 Å². The maximum Gasteiger partial charge on any atom is 0.276 e. The molecule has 1 aromatic heterocycles. The third-order valence-electron chi connectivity index (χ3n) is 3.35. The second kappa shape index (κ2) is 5.60. The number of amides is 1. The SMILES string of the molecule is Cn1nc(C(=O)Nc2ccc(F)cc2F)c2ccccc2c1=O. The largest absolute Gasteiger partial charge is 0.318 e. The van der Waals surface area contributed by atoms with E-state index in [-0.39, 0.29) is 16.9 Å². The molecule has 0 unspecified atom stereocenters. The first kappa shape index (κ1) is 14.8. The molecule has 3 aromatic rings. The first-order valence-corrected chi connectivity index (χ1v) is 6.70. The third-order valence-corrected chi connectivity index (χ3v) is 3.35. The number of carbonyl (C=O) groups excluding carboxylic acids is 1. The van der Waals surface area contributed by atoms with Crippen molar-refractivity contribution in [2.24, 2.45) is 7.05 Å². The van der Waals surface area contributed by atoms with Crippen LogP contribution in [0.5, 0.6) is 0 Å². The Balaban J connectivity index is 2.08. The molecule has 2 aromatic carbocycles. The lowest BCUT2D eigenvalue weighted by atomic mass is 10.1. The van der Waals surface area contributed by atoms with Gasteiger partial charge in [-0.15, -0.1) is 0 Å². The van der Waals surface area contributed by atoms with Gasteiger partial charge in [0, 0.05) is 18.5 Å². The molecule has 0 atom stereocenters. The van der Waals surface area contributed by atoms with E-state index in [9.17, 15) is 18.4 Å². The zero-order valence-electron chi connectivity index (χ0n) is 12.0. The maximum atomic E-state index is 13.7. The van der Waals surface area contributed by atoms with Crippen molar-refractivity contribution in [3.05, 3.63) is 70.1 Å². The van der Waals surface area contributed by atoms with E-state index in [2.05, 4.69) is 10.4 Å². The van der Waals surface area contributed by atoms with Gasteiger partial charge in [0.2, 0.25) is 0 Å².